The Kier molecular flexibility index (Phi) is 10.7. The van der Waals surface area contributed by atoms with E-state index in [-0.39, 0.29) is 19.7 Å². The maximum atomic E-state index is 12.5. The monoisotopic (exact) mass is 361 g/mol. The molecule has 0 aliphatic carbocycles. The highest BCUT2D eigenvalue weighted by Crippen LogP contribution is 2.23. The molecular formula is C16H27NO8. The first-order valence-corrected chi connectivity index (χ1v) is 7.68. The largest absolute Gasteiger partial charge is 0.478 e. The molecule has 2 N–H and O–H groups in total. The summed E-state index contributed by atoms with van der Waals surface area (Å²) in [5, 5.41) is 18.8. The van der Waals surface area contributed by atoms with Crippen LogP contribution in [0, 0.1) is 5.41 Å². The average Bonchev–Trinajstić information content (AvgIpc) is 2.57. The molecule has 0 saturated carbocycles. The molecule has 9 nitrogen and oxygen atoms in total. The molecule has 0 bridgehead atoms. The van der Waals surface area contributed by atoms with Gasteiger partial charge in [-0.05, 0) is 0 Å². The van der Waals surface area contributed by atoms with Crippen LogP contribution in [-0.2, 0) is 28.6 Å². The van der Waals surface area contributed by atoms with Crippen LogP contribution in [0.25, 0.3) is 0 Å². The second-order valence-corrected chi connectivity index (χ2v) is 5.98. The van der Waals surface area contributed by atoms with Crippen LogP contribution in [0.4, 0.5) is 0 Å². The summed E-state index contributed by atoms with van der Waals surface area (Å²) in [6.07, 6.45) is -0.0120. The van der Waals surface area contributed by atoms with Gasteiger partial charge in [-0.2, -0.15) is 0 Å². The molecular weight excluding hydrogens is 334 g/mol. The number of rotatable bonds is 12. The zero-order valence-electron chi connectivity index (χ0n) is 15.1. The second kappa shape index (κ2) is 11.6. The van der Waals surface area contributed by atoms with E-state index in [1.807, 2.05) is 0 Å². The van der Waals surface area contributed by atoms with Gasteiger partial charge in [0.2, 0.25) is 0 Å². The van der Waals surface area contributed by atoms with Crippen LogP contribution in [0.2, 0.25) is 0 Å². The van der Waals surface area contributed by atoms with Gasteiger partial charge >= 0.3 is 11.9 Å². The predicted octanol–water partition coefficient (Wildman–Crippen LogP) is -0.321. The fraction of sp³-hybridized carbons (Fsp3) is 0.688. The molecule has 1 amide bonds. The Hall–Kier alpha value is -1.97. The molecule has 144 valence electrons. The van der Waals surface area contributed by atoms with E-state index in [0.717, 1.165) is 6.08 Å². The second-order valence-electron chi connectivity index (χ2n) is 5.98. The zero-order chi connectivity index (χ0) is 19.5. The van der Waals surface area contributed by atoms with Crippen molar-refractivity contribution in [3.05, 3.63) is 12.2 Å². The molecule has 0 aliphatic rings. The van der Waals surface area contributed by atoms with Crippen molar-refractivity contribution in [2.45, 2.75) is 20.0 Å². The molecule has 0 radical (unpaired) electrons. The number of amides is 1. The SMILES string of the molecule is COCCN(CCOC)C(=O)[C@H](O)C(C)(C)COC(=O)/C=C/C(=O)O. The number of hydrogen-bond acceptors (Lipinski definition) is 7. The van der Waals surface area contributed by atoms with E-state index in [1.54, 1.807) is 13.8 Å². The van der Waals surface area contributed by atoms with E-state index in [4.69, 9.17) is 19.3 Å². The zero-order valence-corrected chi connectivity index (χ0v) is 15.1. The number of aliphatic hydroxyl groups excluding tert-OH is 1. The Morgan fingerprint density at radius 2 is 1.60 bits per heavy atom. The summed E-state index contributed by atoms with van der Waals surface area (Å²) in [6.45, 7) is 4.04. The number of ether oxygens (including phenoxy) is 3. The Morgan fingerprint density at radius 1 is 1.08 bits per heavy atom. The number of esters is 1. The summed E-state index contributed by atoms with van der Waals surface area (Å²) in [6, 6.07) is 0. The van der Waals surface area contributed by atoms with Gasteiger partial charge in [0.05, 0.1) is 19.8 Å². The number of carboxylic acid groups (broad SMARTS) is 1. The highest BCUT2D eigenvalue weighted by Gasteiger charge is 2.37. The van der Waals surface area contributed by atoms with E-state index in [9.17, 15) is 19.5 Å². The minimum atomic E-state index is -1.42. The van der Waals surface area contributed by atoms with E-state index in [0.29, 0.717) is 19.3 Å². The van der Waals surface area contributed by atoms with Crippen molar-refractivity contribution in [1.29, 1.82) is 0 Å². The summed E-state index contributed by atoms with van der Waals surface area (Å²) in [5.41, 5.74) is -1.07. The number of aliphatic hydroxyl groups is 1. The fourth-order valence-corrected chi connectivity index (χ4v) is 1.77. The van der Waals surface area contributed by atoms with Gasteiger partial charge in [-0.1, -0.05) is 13.8 Å². The summed E-state index contributed by atoms with van der Waals surface area (Å²) in [7, 11) is 3.01. The third-order valence-electron chi connectivity index (χ3n) is 3.36. The highest BCUT2D eigenvalue weighted by atomic mass is 16.5. The Bertz CT molecular complexity index is 467. The number of carbonyl (C=O) groups is 3. The van der Waals surface area contributed by atoms with Crippen molar-refractivity contribution in [2.75, 3.05) is 47.1 Å². The van der Waals surface area contributed by atoms with Gasteiger partial charge in [0.15, 0.2) is 0 Å². The lowest BCUT2D eigenvalue weighted by Crippen LogP contribution is -2.49. The third-order valence-corrected chi connectivity index (χ3v) is 3.36. The van der Waals surface area contributed by atoms with Crippen molar-refractivity contribution in [1.82, 2.24) is 4.90 Å². The van der Waals surface area contributed by atoms with Crippen molar-refractivity contribution < 1.29 is 38.8 Å². The minimum absolute atomic E-state index is 0.259. The van der Waals surface area contributed by atoms with Gasteiger partial charge in [-0.3, -0.25) is 4.79 Å². The minimum Gasteiger partial charge on any atom is -0.478 e. The summed E-state index contributed by atoms with van der Waals surface area (Å²) in [4.78, 5) is 35.7. The van der Waals surface area contributed by atoms with Gasteiger partial charge in [0.1, 0.15) is 6.10 Å². The van der Waals surface area contributed by atoms with Crippen LogP contribution in [0.3, 0.4) is 0 Å². The van der Waals surface area contributed by atoms with Crippen molar-refractivity contribution in [2.24, 2.45) is 5.41 Å². The number of carboxylic acids is 1. The van der Waals surface area contributed by atoms with Crippen LogP contribution in [0.5, 0.6) is 0 Å². The van der Waals surface area contributed by atoms with Crippen LogP contribution < -0.4 is 0 Å². The van der Waals surface area contributed by atoms with Gasteiger partial charge in [0, 0.05) is 44.9 Å². The number of nitrogens with zero attached hydrogens (tertiary/aromatic N) is 1. The smallest absolute Gasteiger partial charge is 0.331 e. The standard InChI is InChI=1S/C16H27NO8/c1-16(2,11-25-13(20)6-5-12(18)19)14(21)15(22)17(7-9-23-3)8-10-24-4/h5-6,14,21H,7-11H2,1-4H3,(H,18,19)/b6-5+/t14-/m0/s1. The summed E-state index contributed by atoms with van der Waals surface area (Å²) < 4.78 is 14.8. The molecule has 0 heterocycles. The van der Waals surface area contributed by atoms with Crippen LogP contribution in [0.1, 0.15) is 13.8 Å². The molecule has 0 unspecified atom stereocenters. The van der Waals surface area contributed by atoms with Gasteiger partial charge in [-0.25, -0.2) is 9.59 Å². The maximum Gasteiger partial charge on any atom is 0.331 e. The van der Waals surface area contributed by atoms with E-state index in [2.05, 4.69) is 0 Å². The predicted molar refractivity (Wildman–Crippen MR) is 87.9 cm³/mol. The Morgan fingerprint density at radius 3 is 2.04 bits per heavy atom. The molecule has 0 aromatic carbocycles. The molecule has 1 atom stereocenters. The molecule has 9 heteroatoms. The Balaban J connectivity index is 4.81. The molecule has 0 spiro atoms. The number of carbonyl (C=O) groups excluding carboxylic acids is 2. The van der Waals surface area contributed by atoms with Gasteiger partial charge in [0.25, 0.3) is 5.91 Å². The molecule has 0 aromatic rings. The third kappa shape index (κ3) is 9.18. The van der Waals surface area contributed by atoms with Gasteiger partial charge in [-0.15, -0.1) is 0 Å². The molecule has 0 rings (SSSR count). The first-order chi connectivity index (χ1) is 11.7. The number of methoxy groups -OCH3 is 2. The fourth-order valence-electron chi connectivity index (χ4n) is 1.77. The normalized spacial score (nSPS) is 12.8. The Labute approximate surface area is 147 Å². The maximum absolute atomic E-state index is 12.5. The quantitative estimate of drug-likeness (QED) is 0.358. The molecule has 0 aliphatic heterocycles. The molecule has 25 heavy (non-hydrogen) atoms. The van der Waals surface area contributed by atoms with E-state index < -0.39 is 29.4 Å². The highest BCUT2D eigenvalue weighted by molar-refractivity contribution is 5.90. The van der Waals surface area contributed by atoms with Crippen molar-refractivity contribution >= 4 is 17.8 Å². The van der Waals surface area contributed by atoms with E-state index >= 15 is 0 Å². The lowest BCUT2D eigenvalue weighted by atomic mass is 9.86. The first kappa shape index (κ1) is 23.0. The summed E-state index contributed by atoms with van der Waals surface area (Å²) >= 11 is 0. The average molecular weight is 361 g/mol. The topological polar surface area (TPSA) is 123 Å². The van der Waals surface area contributed by atoms with Crippen LogP contribution in [0.15, 0.2) is 12.2 Å². The number of hydrogen-bond donors (Lipinski definition) is 2. The lowest BCUT2D eigenvalue weighted by molar-refractivity contribution is -0.155. The molecule has 0 aromatic heterocycles. The van der Waals surface area contributed by atoms with Gasteiger partial charge < -0.3 is 29.3 Å². The van der Waals surface area contributed by atoms with Crippen molar-refractivity contribution in [3.63, 3.8) is 0 Å². The molecule has 0 saturated heterocycles. The van der Waals surface area contributed by atoms with Crippen molar-refractivity contribution in [3.8, 4) is 0 Å². The van der Waals surface area contributed by atoms with Crippen LogP contribution >= 0.6 is 0 Å². The van der Waals surface area contributed by atoms with E-state index in [1.165, 1.54) is 19.1 Å². The molecule has 0 fully saturated rings. The summed E-state index contributed by atoms with van der Waals surface area (Å²) in [5.74, 6) is -2.68. The number of aliphatic carboxylic acids is 1. The van der Waals surface area contributed by atoms with Crippen LogP contribution in [-0.4, -0.2) is 86.2 Å². The lowest BCUT2D eigenvalue weighted by Gasteiger charge is -2.33. The first-order valence-electron chi connectivity index (χ1n) is 7.68.